The lowest BCUT2D eigenvalue weighted by Crippen LogP contribution is -2.40. The van der Waals surface area contributed by atoms with Crippen molar-refractivity contribution in [3.8, 4) is 0 Å². The van der Waals surface area contributed by atoms with E-state index in [1.165, 1.54) is 17.8 Å². The summed E-state index contributed by atoms with van der Waals surface area (Å²) in [6, 6.07) is 1.65. The van der Waals surface area contributed by atoms with Crippen molar-refractivity contribution in [1.29, 1.82) is 0 Å². The zero-order valence-corrected chi connectivity index (χ0v) is 11.3. The van der Waals surface area contributed by atoms with Gasteiger partial charge >= 0.3 is 0 Å². The Morgan fingerprint density at radius 3 is 2.95 bits per heavy atom. The van der Waals surface area contributed by atoms with Gasteiger partial charge in [0.25, 0.3) is 0 Å². The summed E-state index contributed by atoms with van der Waals surface area (Å²) in [5.41, 5.74) is -1.65. The van der Waals surface area contributed by atoms with E-state index in [1.54, 1.807) is 12.3 Å². The molecule has 0 amide bonds. The van der Waals surface area contributed by atoms with Crippen LogP contribution in [0.25, 0.3) is 11.0 Å². The molecule has 1 aliphatic heterocycles. The van der Waals surface area contributed by atoms with Crippen LogP contribution in [0.15, 0.2) is 18.6 Å². The van der Waals surface area contributed by atoms with Gasteiger partial charge in [-0.1, -0.05) is 11.6 Å². The van der Waals surface area contributed by atoms with E-state index < -0.39 is 30.7 Å². The average Bonchev–Trinajstić information content (AvgIpc) is 2.92. The molecular weight excluding hydrogens is 289 g/mol. The summed E-state index contributed by atoms with van der Waals surface area (Å²) in [4.78, 5) is 7.91. The van der Waals surface area contributed by atoms with Crippen molar-refractivity contribution < 1.29 is 19.3 Å². The molecule has 0 radical (unpaired) electrons. The molecule has 6 nitrogen and oxygen atoms in total. The maximum absolute atomic E-state index is 14.7. The van der Waals surface area contributed by atoms with E-state index >= 15 is 0 Å². The van der Waals surface area contributed by atoms with Crippen LogP contribution in [0.3, 0.4) is 0 Å². The molecule has 20 heavy (non-hydrogen) atoms. The van der Waals surface area contributed by atoms with Gasteiger partial charge in [-0.15, -0.1) is 0 Å². The lowest BCUT2D eigenvalue weighted by atomic mass is 9.98. The molecule has 2 aromatic rings. The third kappa shape index (κ3) is 1.81. The lowest BCUT2D eigenvalue weighted by Gasteiger charge is -2.25. The number of alkyl halides is 1. The van der Waals surface area contributed by atoms with Gasteiger partial charge in [-0.25, -0.2) is 14.4 Å². The van der Waals surface area contributed by atoms with Crippen LogP contribution in [0.1, 0.15) is 13.2 Å². The van der Waals surface area contributed by atoms with Crippen LogP contribution in [0.2, 0.25) is 5.15 Å². The van der Waals surface area contributed by atoms with Crippen molar-refractivity contribution in [3.63, 3.8) is 0 Å². The predicted molar refractivity (Wildman–Crippen MR) is 69.1 cm³/mol. The molecule has 3 rings (SSSR count). The van der Waals surface area contributed by atoms with Gasteiger partial charge in [-0.3, -0.25) is 0 Å². The normalized spacial score (nSPS) is 34.0. The zero-order valence-electron chi connectivity index (χ0n) is 10.6. The van der Waals surface area contributed by atoms with Gasteiger partial charge in [0, 0.05) is 6.20 Å². The molecule has 1 fully saturated rings. The maximum Gasteiger partial charge on any atom is 0.181 e. The Balaban J connectivity index is 2.10. The highest BCUT2D eigenvalue weighted by Gasteiger charge is 2.54. The first kappa shape index (κ1) is 13.7. The summed E-state index contributed by atoms with van der Waals surface area (Å²) in [6.45, 7) is 0.763. The van der Waals surface area contributed by atoms with Gasteiger partial charge < -0.3 is 19.5 Å². The average molecular weight is 302 g/mol. The number of hydrogen-bond acceptors (Lipinski definition) is 5. The van der Waals surface area contributed by atoms with Gasteiger partial charge in [0.2, 0.25) is 0 Å². The van der Waals surface area contributed by atoms with Gasteiger partial charge in [0.15, 0.2) is 11.9 Å². The molecule has 0 aliphatic carbocycles. The van der Waals surface area contributed by atoms with Crippen LogP contribution in [-0.4, -0.2) is 49.2 Å². The van der Waals surface area contributed by atoms with Gasteiger partial charge in [0.1, 0.15) is 29.3 Å². The van der Waals surface area contributed by atoms with E-state index in [1.807, 2.05) is 0 Å². The number of rotatable bonds is 2. The molecular formula is C12H13ClFN3O3. The molecule has 0 aromatic carbocycles. The van der Waals surface area contributed by atoms with Crippen LogP contribution in [0.4, 0.5) is 4.39 Å². The third-order valence-corrected chi connectivity index (χ3v) is 3.91. The minimum Gasteiger partial charge on any atom is -0.394 e. The van der Waals surface area contributed by atoms with E-state index in [0.29, 0.717) is 11.0 Å². The first-order valence-electron chi connectivity index (χ1n) is 6.07. The number of fused-ring (bicyclic) bond motifs is 1. The molecule has 3 heterocycles. The molecule has 2 unspecified atom stereocenters. The minimum absolute atomic E-state index is 0.256. The largest absolute Gasteiger partial charge is 0.394 e. The molecule has 0 spiro atoms. The van der Waals surface area contributed by atoms with Gasteiger partial charge in [-0.2, -0.15) is 0 Å². The van der Waals surface area contributed by atoms with E-state index in [9.17, 15) is 9.50 Å². The minimum atomic E-state index is -2.06. The second kappa shape index (κ2) is 4.63. The number of aliphatic hydroxyl groups is 2. The highest BCUT2D eigenvalue weighted by molar-refractivity contribution is 6.33. The Bertz CT molecular complexity index is 648. The molecule has 108 valence electrons. The topological polar surface area (TPSA) is 80.4 Å². The van der Waals surface area contributed by atoms with E-state index in [4.69, 9.17) is 21.4 Å². The molecule has 2 N–H and O–H groups in total. The van der Waals surface area contributed by atoms with Crippen molar-refractivity contribution in [1.82, 2.24) is 14.5 Å². The molecule has 1 aliphatic rings. The lowest BCUT2D eigenvalue weighted by molar-refractivity contribution is -0.0564. The Morgan fingerprint density at radius 2 is 2.30 bits per heavy atom. The quantitative estimate of drug-likeness (QED) is 0.811. The smallest absolute Gasteiger partial charge is 0.181 e. The first-order chi connectivity index (χ1) is 9.46. The highest BCUT2D eigenvalue weighted by atomic mass is 35.5. The summed E-state index contributed by atoms with van der Waals surface area (Å²) < 4.78 is 21.6. The third-order valence-electron chi connectivity index (χ3n) is 3.61. The van der Waals surface area contributed by atoms with Crippen LogP contribution < -0.4 is 0 Å². The summed E-state index contributed by atoms with van der Waals surface area (Å²) in [5.74, 6) is 0. The van der Waals surface area contributed by atoms with Crippen molar-refractivity contribution in [3.05, 3.63) is 23.7 Å². The Hall–Kier alpha value is -1.28. The summed E-state index contributed by atoms with van der Waals surface area (Å²) in [7, 11) is 0. The van der Waals surface area contributed by atoms with Crippen LogP contribution >= 0.6 is 11.6 Å². The standard InChI is InChI=1S/C12H13ClFN3O3/c1-12(14)8(19)7(4-18)20-11(12)17-3-2-6-9(13)15-5-16-10(6)17/h2-3,5,7-8,11,18-19H,4H2,1H3/t7?,8-,11+,12?/m0/s1. The first-order valence-corrected chi connectivity index (χ1v) is 6.45. The summed E-state index contributed by atoms with van der Waals surface area (Å²) >= 11 is 5.94. The van der Waals surface area contributed by atoms with E-state index in [-0.39, 0.29) is 5.15 Å². The number of nitrogens with zero attached hydrogens (tertiary/aromatic N) is 3. The Morgan fingerprint density at radius 1 is 1.55 bits per heavy atom. The van der Waals surface area contributed by atoms with Gasteiger partial charge in [0.05, 0.1) is 12.0 Å². The van der Waals surface area contributed by atoms with Crippen LogP contribution in [0, 0.1) is 0 Å². The summed E-state index contributed by atoms with van der Waals surface area (Å²) in [6.07, 6.45) is -0.665. The Kier molecular flexibility index (Phi) is 3.17. The summed E-state index contributed by atoms with van der Waals surface area (Å²) in [5, 5.41) is 19.8. The van der Waals surface area contributed by atoms with Crippen LogP contribution in [0.5, 0.6) is 0 Å². The fraction of sp³-hybridized carbons (Fsp3) is 0.500. The molecule has 4 atom stereocenters. The van der Waals surface area contributed by atoms with Gasteiger partial charge in [-0.05, 0) is 13.0 Å². The number of ether oxygens (including phenoxy) is 1. The zero-order chi connectivity index (χ0) is 14.5. The molecule has 1 saturated heterocycles. The van der Waals surface area contributed by atoms with Crippen molar-refractivity contribution in [2.45, 2.75) is 31.0 Å². The second-order valence-corrected chi connectivity index (χ2v) is 5.29. The van der Waals surface area contributed by atoms with Crippen molar-refractivity contribution in [2.75, 3.05) is 6.61 Å². The monoisotopic (exact) mass is 301 g/mol. The predicted octanol–water partition coefficient (Wildman–Crippen LogP) is 1.06. The van der Waals surface area contributed by atoms with E-state index in [2.05, 4.69) is 9.97 Å². The fourth-order valence-corrected chi connectivity index (χ4v) is 2.68. The molecule has 8 heteroatoms. The second-order valence-electron chi connectivity index (χ2n) is 4.93. The number of hydrogen-bond donors (Lipinski definition) is 2. The molecule has 2 aromatic heterocycles. The van der Waals surface area contributed by atoms with E-state index in [0.717, 1.165) is 0 Å². The number of aliphatic hydroxyl groups excluding tert-OH is 2. The molecule has 0 bridgehead atoms. The Labute approximate surface area is 118 Å². The highest BCUT2D eigenvalue weighted by Crippen LogP contribution is 2.42. The van der Waals surface area contributed by atoms with Crippen molar-refractivity contribution in [2.24, 2.45) is 0 Å². The number of aromatic nitrogens is 3. The van der Waals surface area contributed by atoms with Crippen LogP contribution in [-0.2, 0) is 4.74 Å². The fourth-order valence-electron chi connectivity index (χ4n) is 2.49. The maximum atomic E-state index is 14.7. The SMILES string of the molecule is CC1(F)[C@@H](O)C(CO)O[C@H]1n1ccc2c(Cl)ncnc21. The molecule has 0 saturated carbocycles. The van der Waals surface area contributed by atoms with Crippen molar-refractivity contribution >= 4 is 22.6 Å². The number of halogens is 2.